The quantitative estimate of drug-likeness (QED) is 0.808. The lowest BCUT2D eigenvalue weighted by atomic mass is 9.83. The van der Waals surface area contributed by atoms with E-state index in [0.29, 0.717) is 25.1 Å². The maximum atomic E-state index is 13.1. The van der Waals surface area contributed by atoms with Gasteiger partial charge in [0.2, 0.25) is 10.0 Å². The summed E-state index contributed by atoms with van der Waals surface area (Å²) < 4.78 is 42.7. The number of hydrogen-bond acceptors (Lipinski definition) is 5. The molecule has 0 aliphatic heterocycles. The number of nitrogens with one attached hydrogen (secondary N) is 1. The van der Waals surface area contributed by atoms with Crippen LogP contribution in [0, 0.1) is 12.7 Å². The molecule has 1 aliphatic carbocycles. The molecule has 7 nitrogen and oxygen atoms in total. The predicted octanol–water partition coefficient (Wildman–Crippen LogP) is 2.28. The monoisotopic (exact) mass is 396 g/mol. The topological polar surface area (TPSA) is 97.1 Å². The van der Waals surface area contributed by atoms with Gasteiger partial charge in [0.05, 0.1) is 11.0 Å². The van der Waals surface area contributed by atoms with Crippen molar-refractivity contribution in [1.82, 2.24) is 19.5 Å². The number of sulfonamides is 1. The van der Waals surface area contributed by atoms with Crippen LogP contribution in [0.15, 0.2) is 29.2 Å². The fraction of sp³-hybridized carbons (Fsp3) is 0.556. The van der Waals surface area contributed by atoms with Crippen LogP contribution in [0.1, 0.15) is 56.7 Å². The molecule has 1 saturated carbocycles. The first-order valence-electron chi connectivity index (χ1n) is 9.06. The summed E-state index contributed by atoms with van der Waals surface area (Å²) in [6.07, 6.45) is 0.811. The average Bonchev–Trinajstić information content (AvgIpc) is 2.99. The van der Waals surface area contributed by atoms with Gasteiger partial charge in [0, 0.05) is 18.0 Å². The molecular weight excluding hydrogens is 371 g/mol. The summed E-state index contributed by atoms with van der Waals surface area (Å²) in [5, 5.41) is 14.8. The zero-order chi connectivity index (χ0) is 19.8. The summed E-state index contributed by atoms with van der Waals surface area (Å²) in [6.45, 7) is 5.86. The van der Waals surface area contributed by atoms with Crippen LogP contribution >= 0.6 is 0 Å². The summed E-state index contributed by atoms with van der Waals surface area (Å²) in [7, 11) is -3.86. The molecule has 9 heteroatoms. The molecule has 2 N–H and O–H groups in total. The third-order valence-corrected chi connectivity index (χ3v) is 6.37. The van der Waals surface area contributed by atoms with Crippen LogP contribution in [0.25, 0.3) is 0 Å². The van der Waals surface area contributed by atoms with Crippen molar-refractivity contribution in [3.05, 3.63) is 41.7 Å². The highest BCUT2D eigenvalue weighted by molar-refractivity contribution is 7.89. The standard InChI is InChI=1S/C18H25FN4O3S/c1-11(2)23-18(20-12(3)21-23)13-4-9-17(24)16(10-13)22-27(25,26)15-7-5-14(19)6-8-15/h5-8,11,13,16-17,22,24H,4,9-10H2,1-3H3/t13-,16+,17+/m0/s1. The van der Waals surface area contributed by atoms with Crippen LogP contribution in [0.5, 0.6) is 0 Å². The Labute approximate surface area is 158 Å². The smallest absolute Gasteiger partial charge is 0.240 e. The van der Waals surface area contributed by atoms with Crippen LogP contribution in [-0.2, 0) is 10.0 Å². The van der Waals surface area contributed by atoms with Crippen molar-refractivity contribution < 1.29 is 17.9 Å². The SMILES string of the molecule is Cc1nc([C@H]2CC[C@@H](O)[C@H](NS(=O)(=O)c3ccc(F)cc3)C2)n(C(C)C)n1. The van der Waals surface area contributed by atoms with E-state index in [1.165, 1.54) is 12.1 Å². The second-order valence-corrected chi connectivity index (χ2v) is 9.03. The first-order chi connectivity index (χ1) is 12.7. The van der Waals surface area contributed by atoms with Gasteiger partial charge in [0.1, 0.15) is 17.5 Å². The highest BCUT2D eigenvalue weighted by atomic mass is 32.2. The van der Waals surface area contributed by atoms with Gasteiger partial charge in [-0.15, -0.1) is 0 Å². The van der Waals surface area contributed by atoms with Gasteiger partial charge >= 0.3 is 0 Å². The van der Waals surface area contributed by atoms with E-state index < -0.39 is 28.0 Å². The summed E-state index contributed by atoms with van der Waals surface area (Å²) in [4.78, 5) is 4.50. The van der Waals surface area contributed by atoms with Crippen LogP contribution in [0.4, 0.5) is 4.39 Å². The molecule has 148 valence electrons. The first-order valence-corrected chi connectivity index (χ1v) is 10.5. The molecule has 0 saturated heterocycles. The molecule has 3 rings (SSSR count). The Morgan fingerprint density at radius 3 is 2.56 bits per heavy atom. The normalized spacial score (nSPS) is 23.7. The van der Waals surface area contributed by atoms with Crippen molar-refractivity contribution in [2.24, 2.45) is 0 Å². The van der Waals surface area contributed by atoms with Gasteiger partial charge in [-0.05, 0) is 64.3 Å². The number of aliphatic hydroxyl groups excluding tert-OH is 1. The van der Waals surface area contributed by atoms with E-state index in [2.05, 4.69) is 14.8 Å². The average molecular weight is 396 g/mol. The Bertz CT molecular complexity index is 896. The van der Waals surface area contributed by atoms with Crippen molar-refractivity contribution in [1.29, 1.82) is 0 Å². The van der Waals surface area contributed by atoms with Crippen molar-refractivity contribution in [2.45, 2.75) is 69.0 Å². The Morgan fingerprint density at radius 1 is 1.26 bits per heavy atom. The maximum Gasteiger partial charge on any atom is 0.240 e. The fourth-order valence-corrected chi connectivity index (χ4v) is 4.78. The molecule has 0 radical (unpaired) electrons. The van der Waals surface area contributed by atoms with Gasteiger partial charge < -0.3 is 5.11 Å². The summed E-state index contributed by atoms with van der Waals surface area (Å²) in [5.41, 5.74) is 0. The molecule has 1 aliphatic rings. The lowest BCUT2D eigenvalue weighted by Gasteiger charge is -2.33. The van der Waals surface area contributed by atoms with Crippen molar-refractivity contribution in [2.75, 3.05) is 0 Å². The van der Waals surface area contributed by atoms with Crippen LogP contribution in [0.3, 0.4) is 0 Å². The Balaban J connectivity index is 1.81. The van der Waals surface area contributed by atoms with E-state index in [1.54, 1.807) is 0 Å². The fourth-order valence-electron chi connectivity index (χ4n) is 3.50. The van der Waals surface area contributed by atoms with Gasteiger partial charge in [0.25, 0.3) is 0 Å². The molecule has 1 fully saturated rings. The Hall–Kier alpha value is -1.84. The number of aliphatic hydroxyl groups is 1. The number of rotatable bonds is 5. The van der Waals surface area contributed by atoms with Crippen molar-refractivity contribution in [3.8, 4) is 0 Å². The highest BCUT2D eigenvalue weighted by Crippen LogP contribution is 2.34. The molecule has 1 aromatic carbocycles. The van der Waals surface area contributed by atoms with Crippen LogP contribution < -0.4 is 4.72 Å². The predicted molar refractivity (Wildman–Crippen MR) is 98.3 cm³/mol. The minimum Gasteiger partial charge on any atom is -0.391 e. The van der Waals surface area contributed by atoms with Gasteiger partial charge in [-0.1, -0.05) is 0 Å². The number of aromatic nitrogens is 3. The number of nitrogens with zero attached hydrogens (tertiary/aromatic N) is 3. The summed E-state index contributed by atoms with van der Waals surface area (Å²) in [6, 6.07) is 4.12. The largest absolute Gasteiger partial charge is 0.391 e. The molecule has 0 unspecified atom stereocenters. The van der Waals surface area contributed by atoms with E-state index >= 15 is 0 Å². The molecule has 0 bridgehead atoms. The van der Waals surface area contributed by atoms with E-state index in [4.69, 9.17) is 0 Å². The van der Waals surface area contributed by atoms with E-state index in [9.17, 15) is 17.9 Å². The Kier molecular flexibility index (Phi) is 5.64. The van der Waals surface area contributed by atoms with Gasteiger partial charge in [-0.3, -0.25) is 0 Å². The van der Waals surface area contributed by atoms with Gasteiger partial charge in [0.15, 0.2) is 0 Å². The molecule has 1 aromatic heterocycles. The number of benzene rings is 1. The van der Waals surface area contributed by atoms with E-state index in [1.807, 2.05) is 25.5 Å². The summed E-state index contributed by atoms with van der Waals surface area (Å²) in [5.74, 6) is 0.988. The van der Waals surface area contributed by atoms with Crippen molar-refractivity contribution in [3.63, 3.8) is 0 Å². The van der Waals surface area contributed by atoms with Crippen LogP contribution in [-0.4, -0.2) is 40.4 Å². The third-order valence-electron chi connectivity index (χ3n) is 4.86. The van der Waals surface area contributed by atoms with Crippen molar-refractivity contribution >= 4 is 10.0 Å². The van der Waals surface area contributed by atoms with E-state index in [-0.39, 0.29) is 16.9 Å². The van der Waals surface area contributed by atoms with Gasteiger partial charge in [-0.2, -0.15) is 5.10 Å². The molecule has 3 atom stereocenters. The van der Waals surface area contributed by atoms with Crippen LogP contribution in [0.2, 0.25) is 0 Å². The number of hydrogen-bond donors (Lipinski definition) is 2. The minimum absolute atomic E-state index is 0.00193. The lowest BCUT2D eigenvalue weighted by Crippen LogP contribution is -2.46. The number of aryl methyl sites for hydroxylation is 1. The molecule has 27 heavy (non-hydrogen) atoms. The zero-order valence-electron chi connectivity index (χ0n) is 15.6. The minimum atomic E-state index is -3.86. The molecule has 1 heterocycles. The first kappa shape index (κ1) is 19.9. The summed E-state index contributed by atoms with van der Waals surface area (Å²) >= 11 is 0. The molecule has 2 aromatic rings. The third kappa shape index (κ3) is 4.36. The molecular formula is C18H25FN4O3S. The Morgan fingerprint density at radius 2 is 1.93 bits per heavy atom. The zero-order valence-corrected chi connectivity index (χ0v) is 16.4. The molecule has 0 spiro atoms. The van der Waals surface area contributed by atoms with E-state index in [0.717, 1.165) is 18.0 Å². The number of halogens is 1. The second-order valence-electron chi connectivity index (χ2n) is 7.31. The second kappa shape index (κ2) is 7.65. The lowest BCUT2D eigenvalue weighted by molar-refractivity contribution is 0.0912. The molecule has 0 amide bonds. The highest BCUT2D eigenvalue weighted by Gasteiger charge is 2.35. The van der Waals surface area contributed by atoms with Gasteiger partial charge in [-0.25, -0.2) is 27.2 Å². The maximum absolute atomic E-state index is 13.1.